The summed E-state index contributed by atoms with van der Waals surface area (Å²) in [5, 5.41) is 8.62. The molecule has 124 valence electrons. The number of rotatable bonds is 5. The van der Waals surface area contributed by atoms with E-state index in [4.69, 9.17) is 4.52 Å². The standard InChI is InChI=1S/C14H17N3O4S2/c1-14(6-8-23(19,20)9-14)16-11(18)4-5-12-15-13(17-21-12)10-3-2-7-22-10/h2-3,7H,4-6,8-9H2,1H3,(H,16,18). The SMILES string of the molecule is CC1(NC(=O)CCc2nc(-c3cccs3)no2)CCS(=O)(=O)C1. The first-order chi connectivity index (χ1) is 10.9. The Balaban J connectivity index is 1.54. The van der Waals surface area contributed by atoms with Crippen LogP contribution in [0.15, 0.2) is 22.0 Å². The first kappa shape index (κ1) is 16.1. The molecule has 1 fully saturated rings. The molecule has 0 saturated carbocycles. The van der Waals surface area contributed by atoms with Gasteiger partial charge in [0.05, 0.1) is 21.9 Å². The van der Waals surface area contributed by atoms with Crippen LogP contribution in [-0.2, 0) is 21.1 Å². The zero-order chi connectivity index (χ0) is 16.5. The fourth-order valence-electron chi connectivity index (χ4n) is 2.59. The van der Waals surface area contributed by atoms with Gasteiger partial charge in [0.2, 0.25) is 17.6 Å². The number of hydrogen-bond donors (Lipinski definition) is 1. The molecule has 1 saturated heterocycles. The number of aryl methyl sites for hydroxylation is 1. The quantitative estimate of drug-likeness (QED) is 0.870. The van der Waals surface area contributed by atoms with Gasteiger partial charge in [0.15, 0.2) is 9.84 Å². The van der Waals surface area contributed by atoms with E-state index >= 15 is 0 Å². The second-order valence-electron chi connectivity index (χ2n) is 5.94. The maximum absolute atomic E-state index is 12.0. The molecular weight excluding hydrogens is 338 g/mol. The van der Waals surface area contributed by atoms with Gasteiger partial charge in [-0.2, -0.15) is 4.98 Å². The van der Waals surface area contributed by atoms with E-state index in [1.807, 2.05) is 17.5 Å². The summed E-state index contributed by atoms with van der Waals surface area (Å²) < 4.78 is 28.2. The number of carbonyl (C=O) groups excluding carboxylic acids is 1. The number of carbonyl (C=O) groups is 1. The predicted octanol–water partition coefficient (Wildman–Crippen LogP) is 1.42. The summed E-state index contributed by atoms with van der Waals surface area (Å²) in [6.07, 6.45) is 0.957. The molecule has 0 aliphatic carbocycles. The minimum atomic E-state index is -3.04. The minimum absolute atomic E-state index is 0.00514. The molecule has 3 rings (SSSR count). The lowest BCUT2D eigenvalue weighted by Crippen LogP contribution is -2.47. The van der Waals surface area contributed by atoms with Crippen molar-refractivity contribution >= 4 is 27.1 Å². The number of sulfone groups is 1. The Morgan fingerprint density at radius 2 is 2.35 bits per heavy atom. The van der Waals surface area contributed by atoms with Gasteiger partial charge in [-0.1, -0.05) is 11.2 Å². The molecule has 2 aromatic rings. The lowest BCUT2D eigenvalue weighted by atomic mass is 10.0. The Hall–Kier alpha value is -1.74. The smallest absolute Gasteiger partial charge is 0.227 e. The highest BCUT2D eigenvalue weighted by atomic mass is 32.2. The predicted molar refractivity (Wildman–Crippen MR) is 85.8 cm³/mol. The molecule has 7 nitrogen and oxygen atoms in total. The molecule has 0 bridgehead atoms. The molecular formula is C14H17N3O4S2. The molecule has 0 aromatic carbocycles. The molecule has 0 spiro atoms. The summed E-state index contributed by atoms with van der Waals surface area (Å²) >= 11 is 1.51. The largest absolute Gasteiger partial charge is 0.350 e. The van der Waals surface area contributed by atoms with Gasteiger partial charge < -0.3 is 9.84 Å². The first-order valence-corrected chi connectivity index (χ1v) is 9.93. The van der Waals surface area contributed by atoms with Gasteiger partial charge in [0.1, 0.15) is 0 Å². The normalized spacial score (nSPS) is 23.0. The molecule has 1 amide bonds. The van der Waals surface area contributed by atoms with Gasteiger partial charge in [0.25, 0.3) is 0 Å². The molecule has 1 unspecified atom stereocenters. The van der Waals surface area contributed by atoms with Crippen molar-refractivity contribution in [3.63, 3.8) is 0 Å². The van der Waals surface area contributed by atoms with Crippen molar-refractivity contribution in [2.75, 3.05) is 11.5 Å². The Morgan fingerprint density at radius 3 is 3.00 bits per heavy atom. The molecule has 1 atom stereocenters. The summed E-state index contributed by atoms with van der Waals surface area (Å²) in [6.45, 7) is 1.76. The van der Waals surface area contributed by atoms with Crippen LogP contribution < -0.4 is 5.32 Å². The highest BCUT2D eigenvalue weighted by Crippen LogP contribution is 2.23. The topological polar surface area (TPSA) is 102 Å². The number of nitrogens with zero attached hydrogens (tertiary/aromatic N) is 2. The zero-order valence-corrected chi connectivity index (χ0v) is 14.2. The van der Waals surface area contributed by atoms with E-state index in [-0.39, 0.29) is 23.8 Å². The number of nitrogens with one attached hydrogen (secondary N) is 1. The van der Waals surface area contributed by atoms with Crippen molar-refractivity contribution in [1.82, 2.24) is 15.5 Å². The van der Waals surface area contributed by atoms with Crippen molar-refractivity contribution in [3.8, 4) is 10.7 Å². The molecule has 3 heterocycles. The Labute approximate surface area is 138 Å². The van der Waals surface area contributed by atoms with Gasteiger partial charge in [0, 0.05) is 12.8 Å². The molecule has 1 aliphatic heterocycles. The monoisotopic (exact) mass is 355 g/mol. The van der Waals surface area contributed by atoms with Crippen LogP contribution in [0, 0.1) is 0 Å². The maximum Gasteiger partial charge on any atom is 0.227 e. The van der Waals surface area contributed by atoms with Crippen LogP contribution in [0.5, 0.6) is 0 Å². The molecule has 1 aliphatic rings. The second kappa shape index (κ2) is 6.04. The van der Waals surface area contributed by atoms with E-state index in [1.165, 1.54) is 11.3 Å². The highest BCUT2D eigenvalue weighted by Gasteiger charge is 2.39. The number of hydrogen-bond acceptors (Lipinski definition) is 7. The Kier molecular flexibility index (Phi) is 4.24. The van der Waals surface area contributed by atoms with Crippen LogP contribution in [-0.4, -0.2) is 41.5 Å². The highest BCUT2D eigenvalue weighted by molar-refractivity contribution is 7.91. The Morgan fingerprint density at radius 1 is 1.52 bits per heavy atom. The Bertz CT molecular complexity index is 798. The fourth-order valence-corrected chi connectivity index (χ4v) is 5.33. The van der Waals surface area contributed by atoms with Crippen LogP contribution >= 0.6 is 11.3 Å². The second-order valence-corrected chi connectivity index (χ2v) is 9.07. The molecule has 9 heteroatoms. The van der Waals surface area contributed by atoms with Crippen molar-refractivity contribution in [2.24, 2.45) is 0 Å². The average Bonchev–Trinajstić information content (AvgIpc) is 3.17. The fraction of sp³-hybridized carbons (Fsp3) is 0.500. The third-order valence-electron chi connectivity index (χ3n) is 3.72. The lowest BCUT2D eigenvalue weighted by molar-refractivity contribution is -0.122. The summed E-state index contributed by atoms with van der Waals surface area (Å²) in [6, 6.07) is 3.80. The summed E-state index contributed by atoms with van der Waals surface area (Å²) in [7, 11) is -3.04. The summed E-state index contributed by atoms with van der Waals surface area (Å²) in [5.74, 6) is 0.823. The van der Waals surface area contributed by atoms with E-state index in [9.17, 15) is 13.2 Å². The maximum atomic E-state index is 12.0. The van der Waals surface area contributed by atoms with E-state index in [0.29, 0.717) is 24.6 Å². The third kappa shape index (κ3) is 3.97. The van der Waals surface area contributed by atoms with Crippen LogP contribution in [0.1, 0.15) is 25.7 Å². The molecule has 23 heavy (non-hydrogen) atoms. The van der Waals surface area contributed by atoms with Crippen LogP contribution in [0.2, 0.25) is 0 Å². The molecule has 1 N–H and O–H groups in total. The van der Waals surface area contributed by atoms with Crippen molar-refractivity contribution < 1.29 is 17.7 Å². The van der Waals surface area contributed by atoms with Gasteiger partial charge in [-0.15, -0.1) is 11.3 Å². The van der Waals surface area contributed by atoms with E-state index in [1.54, 1.807) is 6.92 Å². The first-order valence-electron chi connectivity index (χ1n) is 7.23. The average molecular weight is 355 g/mol. The number of thiophene rings is 1. The molecule has 2 aromatic heterocycles. The zero-order valence-electron chi connectivity index (χ0n) is 12.6. The number of aromatic nitrogens is 2. The summed E-state index contributed by atoms with van der Waals surface area (Å²) in [4.78, 5) is 17.2. The van der Waals surface area contributed by atoms with Crippen LogP contribution in [0.25, 0.3) is 10.7 Å². The van der Waals surface area contributed by atoms with Crippen molar-refractivity contribution in [2.45, 2.75) is 31.7 Å². The summed E-state index contributed by atoms with van der Waals surface area (Å²) in [5.41, 5.74) is -0.674. The number of amides is 1. The van der Waals surface area contributed by atoms with E-state index in [0.717, 1.165) is 4.88 Å². The van der Waals surface area contributed by atoms with Crippen molar-refractivity contribution in [1.29, 1.82) is 0 Å². The van der Waals surface area contributed by atoms with E-state index < -0.39 is 15.4 Å². The van der Waals surface area contributed by atoms with Crippen LogP contribution in [0.3, 0.4) is 0 Å². The third-order valence-corrected chi connectivity index (χ3v) is 6.49. The van der Waals surface area contributed by atoms with Gasteiger partial charge in [-0.25, -0.2) is 8.42 Å². The molecule has 0 radical (unpaired) electrons. The van der Waals surface area contributed by atoms with Gasteiger partial charge >= 0.3 is 0 Å². The lowest BCUT2D eigenvalue weighted by Gasteiger charge is -2.23. The van der Waals surface area contributed by atoms with Crippen LogP contribution in [0.4, 0.5) is 0 Å². The minimum Gasteiger partial charge on any atom is -0.350 e. The van der Waals surface area contributed by atoms with Gasteiger partial charge in [-0.3, -0.25) is 4.79 Å². The van der Waals surface area contributed by atoms with Gasteiger partial charge in [-0.05, 0) is 24.8 Å². The van der Waals surface area contributed by atoms with E-state index in [2.05, 4.69) is 15.5 Å². The van der Waals surface area contributed by atoms with Crippen molar-refractivity contribution in [3.05, 3.63) is 23.4 Å².